The fourth-order valence-electron chi connectivity index (χ4n) is 2.51. The van der Waals surface area contributed by atoms with Gasteiger partial charge in [0.15, 0.2) is 5.69 Å². The molecule has 2 unspecified atom stereocenters. The molecule has 0 amide bonds. The number of nitrogens with one attached hydrogen (secondary N) is 1. The lowest BCUT2D eigenvalue weighted by atomic mass is 10.0. The van der Waals surface area contributed by atoms with Gasteiger partial charge in [-0.05, 0) is 32.1 Å². The zero-order valence-electron chi connectivity index (χ0n) is 11.6. The summed E-state index contributed by atoms with van der Waals surface area (Å²) in [5.74, 6) is 0.492. The highest BCUT2D eigenvalue weighted by Gasteiger charge is 2.21. The Bertz CT molecular complexity index is 419. The summed E-state index contributed by atoms with van der Waals surface area (Å²) in [7, 11) is 0. The van der Waals surface area contributed by atoms with E-state index in [2.05, 4.69) is 17.2 Å². The maximum atomic E-state index is 11.8. The highest BCUT2D eigenvalue weighted by atomic mass is 32.1. The first kappa shape index (κ1) is 14.3. The van der Waals surface area contributed by atoms with Crippen LogP contribution in [0.15, 0.2) is 5.51 Å². The van der Waals surface area contributed by atoms with E-state index in [1.54, 1.807) is 5.51 Å². The molecule has 1 saturated carbocycles. The van der Waals surface area contributed by atoms with Gasteiger partial charge in [-0.2, -0.15) is 0 Å². The summed E-state index contributed by atoms with van der Waals surface area (Å²) in [6, 6.07) is 0.457. The molecule has 1 aromatic heterocycles. The van der Waals surface area contributed by atoms with Gasteiger partial charge in [0.05, 0.1) is 12.1 Å². The molecule has 1 N–H and O–H groups in total. The topological polar surface area (TPSA) is 51.2 Å². The third-order valence-electron chi connectivity index (χ3n) is 3.63. The van der Waals surface area contributed by atoms with Crippen LogP contribution in [0.5, 0.6) is 0 Å². The van der Waals surface area contributed by atoms with Crippen LogP contribution < -0.4 is 5.32 Å². The number of thiazole rings is 1. The molecule has 5 heteroatoms. The van der Waals surface area contributed by atoms with E-state index in [0.29, 0.717) is 18.3 Å². The molecule has 106 valence electrons. The average molecular weight is 282 g/mol. The molecule has 0 aliphatic heterocycles. The van der Waals surface area contributed by atoms with E-state index in [4.69, 9.17) is 4.74 Å². The molecule has 1 aliphatic carbocycles. The molecule has 1 heterocycles. The van der Waals surface area contributed by atoms with Crippen LogP contribution >= 0.6 is 11.3 Å². The van der Waals surface area contributed by atoms with Crippen molar-refractivity contribution in [3.63, 3.8) is 0 Å². The van der Waals surface area contributed by atoms with Gasteiger partial charge in [-0.25, -0.2) is 9.78 Å². The minimum absolute atomic E-state index is 0.326. The van der Waals surface area contributed by atoms with Crippen molar-refractivity contribution in [3.8, 4) is 0 Å². The van der Waals surface area contributed by atoms with Crippen molar-refractivity contribution in [2.45, 2.75) is 52.0 Å². The maximum Gasteiger partial charge on any atom is 0.360 e. The van der Waals surface area contributed by atoms with Crippen LogP contribution in [0, 0.1) is 5.92 Å². The molecular formula is C14H22N2O2S. The number of carbonyl (C=O) groups is 1. The molecular weight excluding hydrogens is 260 g/mol. The normalized spacial score (nSPS) is 23.7. The van der Waals surface area contributed by atoms with Crippen LogP contribution in [0.3, 0.4) is 0 Å². The predicted octanol–water partition coefficient (Wildman–Crippen LogP) is 3.70. The van der Waals surface area contributed by atoms with E-state index in [0.717, 1.165) is 10.9 Å². The zero-order chi connectivity index (χ0) is 13.7. The van der Waals surface area contributed by atoms with Crippen LogP contribution in [-0.4, -0.2) is 23.6 Å². The molecule has 19 heavy (non-hydrogen) atoms. The number of anilines is 1. The van der Waals surface area contributed by atoms with Gasteiger partial charge in [-0.3, -0.25) is 0 Å². The number of aromatic nitrogens is 1. The number of hydrogen-bond acceptors (Lipinski definition) is 5. The molecule has 2 rings (SSSR count). The average Bonchev–Trinajstić information content (AvgIpc) is 2.74. The Hall–Kier alpha value is -1.10. The molecule has 1 aromatic rings. The summed E-state index contributed by atoms with van der Waals surface area (Å²) >= 11 is 1.48. The van der Waals surface area contributed by atoms with E-state index in [-0.39, 0.29) is 5.97 Å². The van der Waals surface area contributed by atoms with Gasteiger partial charge < -0.3 is 10.1 Å². The van der Waals surface area contributed by atoms with E-state index < -0.39 is 0 Å². The number of esters is 1. The van der Waals surface area contributed by atoms with Gasteiger partial charge in [-0.1, -0.05) is 19.8 Å². The second-order valence-electron chi connectivity index (χ2n) is 5.21. The zero-order valence-corrected chi connectivity index (χ0v) is 12.5. The molecule has 2 atom stereocenters. The Morgan fingerprint density at radius 3 is 3.11 bits per heavy atom. The maximum absolute atomic E-state index is 11.8. The summed E-state index contributed by atoms with van der Waals surface area (Å²) in [5.41, 5.74) is 2.14. The Kier molecular flexibility index (Phi) is 5.19. The van der Waals surface area contributed by atoms with Crippen molar-refractivity contribution >= 4 is 22.3 Å². The summed E-state index contributed by atoms with van der Waals surface area (Å²) in [6.45, 7) is 4.51. The van der Waals surface area contributed by atoms with Gasteiger partial charge in [0, 0.05) is 6.04 Å². The lowest BCUT2D eigenvalue weighted by Gasteiger charge is -2.16. The minimum Gasteiger partial charge on any atom is -0.461 e. The van der Waals surface area contributed by atoms with Gasteiger partial charge in [0.2, 0.25) is 0 Å². The number of hydrogen-bond donors (Lipinski definition) is 1. The molecule has 0 spiro atoms. The third kappa shape index (κ3) is 3.93. The molecule has 4 nitrogen and oxygen atoms in total. The first-order valence-electron chi connectivity index (χ1n) is 7.07. The SMILES string of the molecule is CCOC(=O)c1ncsc1NC1CCCC(C)CC1. The molecule has 1 fully saturated rings. The van der Waals surface area contributed by atoms with Crippen LogP contribution in [0.1, 0.15) is 56.4 Å². The monoisotopic (exact) mass is 282 g/mol. The van der Waals surface area contributed by atoms with Crippen molar-refractivity contribution < 1.29 is 9.53 Å². The quantitative estimate of drug-likeness (QED) is 0.676. The van der Waals surface area contributed by atoms with Crippen molar-refractivity contribution in [1.29, 1.82) is 0 Å². The number of nitrogens with zero attached hydrogens (tertiary/aromatic N) is 1. The Balaban J connectivity index is 1.99. The Morgan fingerprint density at radius 2 is 2.32 bits per heavy atom. The van der Waals surface area contributed by atoms with Crippen molar-refractivity contribution in [3.05, 3.63) is 11.2 Å². The largest absolute Gasteiger partial charge is 0.461 e. The van der Waals surface area contributed by atoms with Crippen LogP contribution in [0.25, 0.3) is 0 Å². The van der Waals surface area contributed by atoms with Crippen LogP contribution in [0.2, 0.25) is 0 Å². The fourth-order valence-corrected chi connectivity index (χ4v) is 3.26. The lowest BCUT2D eigenvalue weighted by Crippen LogP contribution is -2.19. The summed E-state index contributed by atoms with van der Waals surface area (Å²) in [6.07, 6.45) is 6.16. The molecule has 0 radical (unpaired) electrons. The second kappa shape index (κ2) is 6.89. The van der Waals surface area contributed by atoms with Crippen LogP contribution in [-0.2, 0) is 4.74 Å². The summed E-state index contributed by atoms with van der Waals surface area (Å²) in [5, 5.41) is 4.34. The first-order chi connectivity index (χ1) is 9.20. The highest BCUT2D eigenvalue weighted by Crippen LogP contribution is 2.28. The fraction of sp³-hybridized carbons (Fsp3) is 0.714. The Labute approximate surface area is 118 Å². The van der Waals surface area contributed by atoms with Crippen molar-refractivity contribution in [2.75, 3.05) is 11.9 Å². The lowest BCUT2D eigenvalue weighted by molar-refractivity contribution is 0.0521. The smallest absolute Gasteiger partial charge is 0.360 e. The number of rotatable bonds is 4. The standard InChI is InChI=1S/C14H22N2O2S/c1-3-18-14(17)12-13(19-9-15-12)16-11-6-4-5-10(2)7-8-11/h9-11,16H,3-8H2,1-2H3. The van der Waals surface area contributed by atoms with E-state index in [1.807, 2.05) is 6.92 Å². The van der Waals surface area contributed by atoms with Crippen molar-refractivity contribution in [2.24, 2.45) is 5.92 Å². The third-order valence-corrected chi connectivity index (χ3v) is 4.39. The number of carbonyl (C=O) groups excluding carboxylic acids is 1. The molecule has 0 saturated heterocycles. The van der Waals surface area contributed by atoms with Gasteiger partial charge in [-0.15, -0.1) is 11.3 Å². The van der Waals surface area contributed by atoms with Crippen LogP contribution in [0.4, 0.5) is 5.00 Å². The first-order valence-corrected chi connectivity index (χ1v) is 7.95. The molecule has 1 aliphatic rings. The van der Waals surface area contributed by atoms with Gasteiger partial charge in [0.25, 0.3) is 0 Å². The number of ether oxygens (including phenoxy) is 1. The summed E-state index contributed by atoms with van der Waals surface area (Å²) < 4.78 is 5.02. The van der Waals surface area contributed by atoms with Gasteiger partial charge >= 0.3 is 5.97 Å². The highest BCUT2D eigenvalue weighted by molar-refractivity contribution is 7.14. The van der Waals surface area contributed by atoms with E-state index in [9.17, 15) is 4.79 Å². The van der Waals surface area contributed by atoms with Gasteiger partial charge in [0.1, 0.15) is 5.00 Å². The Morgan fingerprint density at radius 1 is 1.47 bits per heavy atom. The molecule has 0 aromatic carbocycles. The summed E-state index contributed by atoms with van der Waals surface area (Å²) in [4.78, 5) is 15.9. The predicted molar refractivity (Wildman–Crippen MR) is 77.7 cm³/mol. The van der Waals surface area contributed by atoms with E-state index in [1.165, 1.54) is 43.4 Å². The van der Waals surface area contributed by atoms with E-state index >= 15 is 0 Å². The van der Waals surface area contributed by atoms with Crippen molar-refractivity contribution in [1.82, 2.24) is 4.98 Å². The molecule has 0 bridgehead atoms. The second-order valence-corrected chi connectivity index (χ2v) is 6.06. The minimum atomic E-state index is -0.326.